The van der Waals surface area contributed by atoms with Crippen LogP contribution in [-0.4, -0.2) is 11.0 Å². The molecule has 1 heterocycles. The average Bonchev–Trinajstić information content (AvgIpc) is 2.30. The Morgan fingerprint density at radius 1 is 1.12 bits per heavy atom. The van der Waals surface area contributed by atoms with Gasteiger partial charge in [0.15, 0.2) is 0 Å². The molecule has 1 aromatic rings. The Morgan fingerprint density at radius 2 is 1.69 bits per heavy atom. The quantitative estimate of drug-likeness (QED) is 0.766. The summed E-state index contributed by atoms with van der Waals surface area (Å²) in [6, 6.07) is 4.42. The average molecular weight is 220 g/mol. The first-order valence-electron chi connectivity index (χ1n) is 6.42. The number of aromatic nitrogens is 1. The fourth-order valence-electron chi connectivity index (χ4n) is 2.27. The van der Waals surface area contributed by atoms with Crippen LogP contribution in [0, 0.1) is 5.92 Å². The Morgan fingerprint density at radius 3 is 2.19 bits per heavy atom. The summed E-state index contributed by atoms with van der Waals surface area (Å²) in [7, 11) is 0. The van der Waals surface area contributed by atoms with Crippen LogP contribution in [0.25, 0.3) is 0 Å². The van der Waals surface area contributed by atoms with Gasteiger partial charge in [-0.15, -0.1) is 0 Å². The van der Waals surface area contributed by atoms with Crippen LogP contribution in [-0.2, 0) is 6.42 Å². The van der Waals surface area contributed by atoms with Gasteiger partial charge in [-0.25, -0.2) is 0 Å². The van der Waals surface area contributed by atoms with E-state index in [1.807, 2.05) is 12.4 Å². The number of nitrogens with two attached hydrogens (primary N) is 1. The summed E-state index contributed by atoms with van der Waals surface area (Å²) in [5.74, 6) is 0.670. The molecule has 2 heteroatoms. The third kappa shape index (κ3) is 4.31. The molecule has 0 spiro atoms. The molecule has 0 aliphatic carbocycles. The van der Waals surface area contributed by atoms with Crippen molar-refractivity contribution in [2.45, 2.75) is 52.0 Å². The van der Waals surface area contributed by atoms with Crippen molar-refractivity contribution in [2.75, 3.05) is 0 Å². The Labute approximate surface area is 99.3 Å². The van der Waals surface area contributed by atoms with Gasteiger partial charge in [0.25, 0.3) is 0 Å². The highest BCUT2D eigenvalue weighted by atomic mass is 14.7. The van der Waals surface area contributed by atoms with E-state index in [9.17, 15) is 0 Å². The molecule has 0 bridgehead atoms. The number of hydrogen-bond acceptors (Lipinski definition) is 2. The van der Waals surface area contributed by atoms with Crippen molar-refractivity contribution in [3.63, 3.8) is 0 Å². The lowest BCUT2D eigenvalue weighted by Crippen LogP contribution is -2.32. The Balaban J connectivity index is 2.51. The van der Waals surface area contributed by atoms with Gasteiger partial charge in [-0.2, -0.15) is 0 Å². The molecular formula is C14H24N2. The predicted molar refractivity (Wildman–Crippen MR) is 69.2 cm³/mol. The van der Waals surface area contributed by atoms with Crippen molar-refractivity contribution >= 4 is 0 Å². The van der Waals surface area contributed by atoms with Crippen molar-refractivity contribution in [3.8, 4) is 0 Å². The molecule has 90 valence electrons. The number of rotatable bonds is 7. The molecule has 0 aliphatic rings. The second kappa shape index (κ2) is 7.39. The third-order valence-corrected chi connectivity index (χ3v) is 3.15. The maximum absolute atomic E-state index is 6.30. The lowest BCUT2D eigenvalue weighted by molar-refractivity contribution is 0.360. The molecule has 1 aromatic heterocycles. The molecule has 0 aromatic carbocycles. The van der Waals surface area contributed by atoms with Crippen LogP contribution in [0.1, 0.15) is 45.1 Å². The van der Waals surface area contributed by atoms with Crippen LogP contribution in [0.3, 0.4) is 0 Å². The van der Waals surface area contributed by atoms with Crippen molar-refractivity contribution in [3.05, 3.63) is 30.1 Å². The lowest BCUT2D eigenvalue weighted by Gasteiger charge is -2.23. The Hall–Kier alpha value is -0.890. The second-order valence-corrected chi connectivity index (χ2v) is 4.56. The van der Waals surface area contributed by atoms with E-state index in [0.717, 1.165) is 6.42 Å². The highest BCUT2D eigenvalue weighted by Gasteiger charge is 2.16. The minimum absolute atomic E-state index is 0.294. The number of hydrogen-bond donors (Lipinski definition) is 1. The highest BCUT2D eigenvalue weighted by molar-refractivity contribution is 5.11. The van der Waals surface area contributed by atoms with Gasteiger partial charge in [-0.05, 0) is 42.9 Å². The molecular weight excluding hydrogens is 196 g/mol. The molecule has 0 saturated heterocycles. The fraction of sp³-hybridized carbons (Fsp3) is 0.643. The molecule has 1 atom stereocenters. The zero-order valence-corrected chi connectivity index (χ0v) is 10.5. The van der Waals surface area contributed by atoms with Crippen molar-refractivity contribution < 1.29 is 0 Å². The van der Waals surface area contributed by atoms with Crippen molar-refractivity contribution in [1.29, 1.82) is 0 Å². The summed E-state index contributed by atoms with van der Waals surface area (Å²) in [6.07, 6.45) is 9.63. The van der Waals surface area contributed by atoms with Crippen LogP contribution < -0.4 is 5.73 Å². The predicted octanol–water partition coefficient (Wildman–Crippen LogP) is 3.17. The van der Waals surface area contributed by atoms with Crippen molar-refractivity contribution in [2.24, 2.45) is 11.7 Å². The number of nitrogens with zero attached hydrogens (tertiary/aromatic N) is 1. The van der Waals surface area contributed by atoms with Gasteiger partial charge in [0.1, 0.15) is 0 Å². The van der Waals surface area contributed by atoms with E-state index in [4.69, 9.17) is 5.73 Å². The zero-order chi connectivity index (χ0) is 11.8. The van der Waals surface area contributed by atoms with E-state index >= 15 is 0 Å². The van der Waals surface area contributed by atoms with Gasteiger partial charge in [0, 0.05) is 18.4 Å². The third-order valence-electron chi connectivity index (χ3n) is 3.15. The lowest BCUT2D eigenvalue weighted by atomic mass is 9.87. The SMILES string of the molecule is CCCC(CCC)C(N)Cc1ccncc1. The largest absolute Gasteiger partial charge is 0.327 e. The summed E-state index contributed by atoms with van der Waals surface area (Å²) in [6.45, 7) is 4.48. The van der Waals surface area contributed by atoms with E-state index in [2.05, 4.69) is 31.0 Å². The fourth-order valence-corrected chi connectivity index (χ4v) is 2.27. The normalized spacial score (nSPS) is 13.0. The second-order valence-electron chi connectivity index (χ2n) is 4.56. The van der Waals surface area contributed by atoms with Crippen LogP contribution >= 0.6 is 0 Å². The van der Waals surface area contributed by atoms with E-state index in [1.54, 1.807) is 0 Å². The summed E-state index contributed by atoms with van der Waals surface area (Å²) in [4.78, 5) is 4.03. The minimum Gasteiger partial charge on any atom is -0.327 e. The summed E-state index contributed by atoms with van der Waals surface area (Å²) >= 11 is 0. The zero-order valence-electron chi connectivity index (χ0n) is 10.5. The first-order valence-corrected chi connectivity index (χ1v) is 6.42. The minimum atomic E-state index is 0.294. The van der Waals surface area contributed by atoms with E-state index in [0.29, 0.717) is 12.0 Å². The molecule has 2 nitrogen and oxygen atoms in total. The van der Waals surface area contributed by atoms with Crippen LogP contribution in [0.15, 0.2) is 24.5 Å². The molecule has 0 aliphatic heterocycles. The van der Waals surface area contributed by atoms with Gasteiger partial charge in [-0.3, -0.25) is 4.98 Å². The topological polar surface area (TPSA) is 38.9 Å². The van der Waals surface area contributed by atoms with Crippen molar-refractivity contribution in [1.82, 2.24) is 4.98 Å². The van der Waals surface area contributed by atoms with E-state index in [-0.39, 0.29) is 0 Å². The van der Waals surface area contributed by atoms with Gasteiger partial charge in [0.2, 0.25) is 0 Å². The Bertz CT molecular complexity index is 265. The van der Waals surface area contributed by atoms with Gasteiger partial charge in [0.05, 0.1) is 0 Å². The molecule has 1 rings (SSSR count). The van der Waals surface area contributed by atoms with Crippen LogP contribution in [0.4, 0.5) is 0 Å². The van der Waals surface area contributed by atoms with Gasteiger partial charge < -0.3 is 5.73 Å². The molecule has 1 unspecified atom stereocenters. The number of pyridine rings is 1. The smallest absolute Gasteiger partial charge is 0.0270 e. The van der Waals surface area contributed by atoms with Crippen LogP contribution in [0.5, 0.6) is 0 Å². The van der Waals surface area contributed by atoms with Gasteiger partial charge in [-0.1, -0.05) is 26.7 Å². The molecule has 0 saturated carbocycles. The first-order chi connectivity index (χ1) is 7.77. The molecule has 0 amide bonds. The molecule has 16 heavy (non-hydrogen) atoms. The maximum atomic E-state index is 6.30. The Kier molecular flexibility index (Phi) is 6.09. The molecule has 0 fully saturated rings. The summed E-state index contributed by atoms with van der Waals surface area (Å²) < 4.78 is 0. The standard InChI is InChI=1S/C14H24N2/c1-3-5-13(6-4-2)14(15)11-12-7-9-16-10-8-12/h7-10,13-14H,3-6,11,15H2,1-2H3. The monoisotopic (exact) mass is 220 g/mol. The van der Waals surface area contributed by atoms with E-state index in [1.165, 1.54) is 31.2 Å². The highest BCUT2D eigenvalue weighted by Crippen LogP contribution is 2.19. The first kappa shape index (κ1) is 13.2. The van der Waals surface area contributed by atoms with E-state index < -0.39 is 0 Å². The maximum Gasteiger partial charge on any atom is 0.0270 e. The van der Waals surface area contributed by atoms with Crippen LogP contribution in [0.2, 0.25) is 0 Å². The van der Waals surface area contributed by atoms with Gasteiger partial charge >= 0.3 is 0 Å². The summed E-state index contributed by atoms with van der Waals surface area (Å²) in [5, 5.41) is 0. The molecule has 0 radical (unpaired) electrons. The molecule has 2 N–H and O–H groups in total. The summed E-state index contributed by atoms with van der Waals surface area (Å²) in [5.41, 5.74) is 7.61.